The summed E-state index contributed by atoms with van der Waals surface area (Å²) in [7, 11) is 0. The maximum absolute atomic E-state index is 12.5. The van der Waals surface area contributed by atoms with Gasteiger partial charge in [-0.15, -0.1) is 0 Å². The van der Waals surface area contributed by atoms with Gasteiger partial charge in [-0.05, 0) is 38.6 Å². The van der Waals surface area contributed by atoms with Crippen molar-refractivity contribution >= 4 is 5.91 Å². The first kappa shape index (κ1) is 13.8. The molecule has 1 heterocycles. The van der Waals surface area contributed by atoms with Crippen LogP contribution < -0.4 is 10.6 Å². The van der Waals surface area contributed by atoms with Crippen molar-refractivity contribution < 1.29 is 9.90 Å². The monoisotopic (exact) mass is 254 g/mol. The van der Waals surface area contributed by atoms with Crippen LogP contribution >= 0.6 is 0 Å². The van der Waals surface area contributed by atoms with Gasteiger partial charge in [-0.25, -0.2) is 0 Å². The molecule has 1 saturated carbocycles. The Labute approximate surface area is 110 Å². The normalized spacial score (nSPS) is 36.6. The number of carbonyl (C=O) groups excluding carboxylic acids is 1. The van der Waals surface area contributed by atoms with Crippen LogP contribution in [0.5, 0.6) is 0 Å². The molecule has 0 radical (unpaired) electrons. The fraction of sp³-hybridized carbons (Fsp3) is 0.929. The van der Waals surface area contributed by atoms with Crippen molar-refractivity contribution in [3.05, 3.63) is 0 Å². The van der Waals surface area contributed by atoms with Gasteiger partial charge in [0.15, 0.2) is 0 Å². The third-order valence-corrected chi connectivity index (χ3v) is 4.74. The van der Waals surface area contributed by atoms with Gasteiger partial charge < -0.3 is 15.7 Å². The standard InChI is InChI=1S/C14H26N2O2/c1-2-14(8-5-9-15-14)13(18)16-12-7-4-3-6-11(12)10-17/h11-12,15,17H,2-10H2,1H3,(H,16,18). The zero-order chi connectivity index (χ0) is 13.0. The van der Waals surface area contributed by atoms with E-state index in [0.717, 1.165) is 45.1 Å². The van der Waals surface area contributed by atoms with Crippen LogP contribution in [0.4, 0.5) is 0 Å². The second-order valence-electron chi connectivity index (χ2n) is 5.77. The Morgan fingerprint density at radius 3 is 2.78 bits per heavy atom. The molecule has 1 amide bonds. The molecule has 0 bridgehead atoms. The van der Waals surface area contributed by atoms with E-state index < -0.39 is 0 Å². The van der Waals surface area contributed by atoms with E-state index >= 15 is 0 Å². The molecule has 1 saturated heterocycles. The van der Waals surface area contributed by atoms with Gasteiger partial charge in [0.05, 0.1) is 5.54 Å². The second-order valence-corrected chi connectivity index (χ2v) is 5.77. The van der Waals surface area contributed by atoms with Gasteiger partial charge in [0.2, 0.25) is 5.91 Å². The Hall–Kier alpha value is -0.610. The van der Waals surface area contributed by atoms with E-state index in [4.69, 9.17) is 0 Å². The van der Waals surface area contributed by atoms with Crippen molar-refractivity contribution in [2.45, 2.75) is 63.5 Å². The molecular weight excluding hydrogens is 228 g/mol. The van der Waals surface area contributed by atoms with Gasteiger partial charge in [0.25, 0.3) is 0 Å². The Morgan fingerprint density at radius 2 is 2.17 bits per heavy atom. The van der Waals surface area contributed by atoms with Crippen LogP contribution in [0.15, 0.2) is 0 Å². The molecule has 0 spiro atoms. The maximum Gasteiger partial charge on any atom is 0.240 e. The van der Waals surface area contributed by atoms with Crippen LogP contribution in [0.2, 0.25) is 0 Å². The maximum atomic E-state index is 12.5. The average molecular weight is 254 g/mol. The first-order chi connectivity index (χ1) is 8.72. The van der Waals surface area contributed by atoms with E-state index in [1.807, 2.05) is 0 Å². The lowest BCUT2D eigenvalue weighted by molar-refractivity contribution is -0.128. The summed E-state index contributed by atoms with van der Waals surface area (Å²) in [5, 5.41) is 16.0. The Bertz CT molecular complexity index is 288. The molecule has 0 aromatic heterocycles. The fourth-order valence-electron chi connectivity index (χ4n) is 3.39. The molecule has 4 nitrogen and oxygen atoms in total. The molecule has 1 aliphatic heterocycles. The number of nitrogens with one attached hydrogen (secondary N) is 2. The van der Waals surface area contributed by atoms with E-state index in [0.29, 0.717) is 0 Å². The highest BCUT2D eigenvalue weighted by Gasteiger charge is 2.40. The van der Waals surface area contributed by atoms with Crippen molar-refractivity contribution in [2.75, 3.05) is 13.2 Å². The Kier molecular flexibility index (Phi) is 4.62. The molecule has 3 unspecified atom stereocenters. The zero-order valence-corrected chi connectivity index (χ0v) is 11.4. The van der Waals surface area contributed by atoms with E-state index in [2.05, 4.69) is 17.6 Å². The molecule has 18 heavy (non-hydrogen) atoms. The third-order valence-electron chi connectivity index (χ3n) is 4.74. The highest BCUT2D eigenvalue weighted by atomic mass is 16.3. The number of rotatable bonds is 4. The van der Waals surface area contributed by atoms with Crippen LogP contribution in [-0.4, -0.2) is 35.7 Å². The highest BCUT2D eigenvalue weighted by Crippen LogP contribution is 2.27. The fourth-order valence-corrected chi connectivity index (χ4v) is 3.39. The summed E-state index contributed by atoms with van der Waals surface area (Å²) in [6.45, 7) is 3.20. The average Bonchev–Trinajstić information content (AvgIpc) is 2.89. The van der Waals surface area contributed by atoms with Gasteiger partial charge in [-0.1, -0.05) is 19.8 Å². The number of aliphatic hydroxyl groups is 1. The highest BCUT2D eigenvalue weighted by molar-refractivity contribution is 5.86. The van der Waals surface area contributed by atoms with Crippen molar-refractivity contribution in [1.29, 1.82) is 0 Å². The molecule has 104 valence electrons. The second kappa shape index (κ2) is 6.02. The number of hydrogen-bond acceptors (Lipinski definition) is 3. The smallest absolute Gasteiger partial charge is 0.240 e. The topological polar surface area (TPSA) is 61.4 Å². The quantitative estimate of drug-likeness (QED) is 0.706. The van der Waals surface area contributed by atoms with Crippen LogP contribution in [0.1, 0.15) is 51.9 Å². The summed E-state index contributed by atoms with van der Waals surface area (Å²) < 4.78 is 0. The Morgan fingerprint density at radius 1 is 1.39 bits per heavy atom. The summed E-state index contributed by atoms with van der Waals surface area (Å²) in [5.74, 6) is 0.394. The number of carbonyl (C=O) groups is 1. The SMILES string of the molecule is CCC1(C(=O)NC2CCCCC2CO)CCCN1. The number of aliphatic hydroxyl groups excluding tert-OH is 1. The van der Waals surface area contributed by atoms with Crippen molar-refractivity contribution in [1.82, 2.24) is 10.6 Å². The number of amides is 1. The zero-order valence-electron chi connectivity index (χ0n) is 11.4. The first-order valence-corrected chi connectivity index (χ1v) is 7.38. The van der Waals surface area contributed by atoms with Crippen molar-refractivity contribution in [3.63, 3.8) is 0 Å². The van der Waals surface area contributed by atoms with E-state index in [1.54, 1.807) is 0 Å². The summed E-state index contributed by atoms with van der Waals surface area (Å²) in [6, 6.07) is 0.169. The predicted molar refractivity (Wildman–Crippen MR) is 71.2 cm³/mol. The Balaban J connectivity index is 1.96. The largest absolute Gasteiger partial charge is 0.396 e. The molecule has 2 rings (SSSR count). The lowest BCUT2D eigenvalue weighted by Crippen LogP contribution is -2.57. The molecule has 0 aromatic carbocycles. The van der Waals surface area contributed by atoms with E-state index in [9.17, 15) is 9.90 Å². The molecule has 2 fully saturated rings. The van der Waals surface area contributed by atoms with Crippen LogP contribution in [0, 0.1) is 5.92 Å². The molecule has 3 N–H and O–H groups in total. The minimum atomic E-state index is -0.350. The van der Waals surface area contributed by atoms with E-state index in [-0.39, 0.29) is 30.0 Å². The summed E-state index contributed by atoms with van der Waals surface area (Å²) in [4.78, 5) is 12.5. The lowest BCUT2D eigenvalue weighted by Gasteiger charge is -2.35. The van der Waals surface area contributed by atoms with E-state index in [1.165, 1.54) is 6.42 Å². The minimum Gasteiger partial charge on any atom is -0.396 e. The lowest BCUT2D eigenvalue weighted by atomic mass is 9.84. The van der Waals surface area contributed by atoms with Gasteiger partial charge in [0, 0.05) is 18.6 Å². The van der Waals surface area contributed by atoms with Crippen LogP contribution in [0.3, 0.4) is 0 Å². The van der Waals surface area contributed by atoms with Gasteiger partial charge >= 0.3 is 0 Å². The molecule has 1 aliphatic carbocycles. The summed E-state index contributed by atoms with van der Waals surface area (Å²) in [5.41, 5.74) is -0.350. The first-order valence-electron chi connectivity index (χ1n) is 7.38. The summed E-state index contributed by atoms with van der Waals surface area (Å²) in [6.07, 6.45) is 7.24. The van der Waals surface area contributed by atoms with Crippen LogP contribution in [0.25, 0.3) is 0 Å². The molecule has 4 heteroatoms. The summed E-state index contributed by atoms with van der Waals surface area (Å²) >= 11 is 0. The van der Waals surface area contributed by atoms with Gasteiger partial charge in [0.1, 0.15) is 0 Å². The third kappa shape index (κ3) is 2.69. The molecular formula is C14H26N2O2. The molecule has 0 aromatic rings. The predicted octanol–water partition coefficient (Wildman–Crippen LogP) is 1.19. The van der Waals surface area contributed by atoms with Gasteiger partial charge in [-0.2, -0.15) is 0 Å². The number of hydrogen-bond donors (Lipinski definition) is 3. The van der Waals surface area contributed by atoms with Crippen LogP contribution in [-0.2, 0) is 4.79 Å². The molecule has 3 atom stereocenters. The molecule has 2 aliphatic rings. The minimum absolute atomic E-state index is 0.146. The van der Waals surface area contributed by atoms with Gasteiger partial charge in [-0.3, -0.25) is 4.79 Å². The van der Waals surface area contributed by atoms with Crippen molar-refractivity contribution in [2.24, 2.45) is 5.92 Å². The van der Waals surface area contributed by atoms with Crippen molar-refractivity contribution in [3.8, 4) is 0 Å².